The van der Waals surface area contributed by atoms with Gasteiger partial charge in [0.2, 0.25) is 0 Å². The van der Waals surface area contributed by atoms with Gasteiger partial charge in [-0.25, -0.2) is 0 Å². The number of benzene rings is 5. The van der Waals surface area contributed by atoms with Crippen molar-refractivity contribution in [1.82, 2.24) is 4.57 Å². The normalized spacial score (nSPS) is 15.1. The van der Waals surface area contributed by atoms with Gasteiger partial charge in [0, 0.05) is 34.5 Å². The number of hydrogen-bond acceptors (Lipinski definition) is 1. The first-order valence-electron chi connectivity index (χ1n) is 12.4. The Morgan fingerprint density at radius 1 is 0.714 bits per heavy atom. The highest BCUT2D eigenvalue weighted by molar-refractivity contribution is 6.16. The molecule has 2 heteroatoms. The average Bonchev–Trinajstić information content (AvgIpc) is 3.54. The summed E-state index contributed by atoms with van der Waals surface area (Å²) < 4.78 is 2.42. The van der Waals surface area contributed by atoms with E-state index in [0.717, 1.165) is 12.1 Å². The fourth-order valence-electron chi connectivity index (χ4n) is 6.49. The minimum atomic E-state index is -0.000229. The largest absolute Gasteiger partial charge is 0.309 e. The Balaban J connectivity index is 1.52. The standard InChI is InChI=1S/C33H24N2/c1-33(2)27-9-5-3-8-24(27)32-25-19-31-26(17-21(25)12-14-28(32)33)23-7-4-6-10-30(23)35(31)22-13-11-20-15-16-34-29(20)18-22/h3-14,16-19H,15H2,1-2H3. The van der Waals surface area contributed by atoms with Crippen LogP contribution in [0.15, 0.2) is 96.0 Å². The second-order valence-corrected chi connectivity index (χ2v) is 10.4. The highest BCUT2D eigenvalue weighted by Gasteiger charge is 2.36. The third kappa shape index (κ3) is 2.41. The molecule has 0 N–H and O–H groups in total. The second-order valence-electron chi connectivity index (χ2n) is 10.4. The molecule has 6 aromatic rings. The number of hydrogen-bond donors (Lipinski definition) is 0. The van der Waals surface area contributed by atoms with Crippen LogP contribution in [0.1, 0.15) is 30.5 Å². The van der Waals surface area contributed by atoms with Gasteiger partial charge in [-0.3, -0.25) is 4.99 Å². The lowest BCUT2D eigenvalue weighted by Gasteiger charge is -2.21. The summed E-state index contributed by atoms with van der Waals surface area (Å²) in [6, 6.07) is 33.9. The lowest BCUT2D eigenvalue weighted by molar-refractivity contribution is 0.661. The lowest BCUT2D eigenvalue weighted by atomic mass is 9.82. The van der Waals surface area contributed by atoms with Crippen LogP contribution in [0.25, 0.3) is 49.4 Å². The van der Waals surface area contributed by atoms with Gasteiger partial charge in [0.1, 0.15) is 0 Å². The van der Waals surface area contributed by atoms with Crippen molar-refractivity contribution in [2.24, 2.45) is 4.99 Å². The van der Waals surface area contributed by atoms with Gasteiger partial charge in [0.25, 0.3) is 0 Å². The summed E-state index contributed by atoms with van der Waals surface area (Å²) in [5.41, 5.74) is 11.6. The van der Waals surface area contributed by atoms with Crippen LogP contribution in [0.5, 0.6) is 0 Å². The Morgan fingerprint density at radius 3 is 2.51 bits per heavy atom. The van der Waals surface area contributed by atoms with E-state index in [1.807, 2.05) is 6.21 Å². The van der Waals surface area contributed by atoms with Crippen molar-refractivity contribution in [1.29, 1.82) is 0 Å². The van der Waals surface area contributed by atoms with Crippen molar-refractivity contribution in [3.8, 4) is 16.8 Å². The van der Waals surface area contributed by atoms with E-state index in [1.165, 1.54) is 66.1 Å². The molecule has 166 valence electrons. The van der Waals surface area contributed by atoms with E-state index in [1.54, 1.807) is 0 Å². The van der Waals surface area contributed by atoms with E-state index in [0.29, 0.717) is 0 Å². The Hall–Kier alpha value is -4.17. The highest BCUT2D eigenvalue weighted by Crippen LogP contribution is 2.51. The van der Waals surface area contributed by atoms with Crippen molar-refractivity contribution in [3.63, 3.8) is 0 Å². The van der Waals surface area contributed by atoms with Crippen LogP contribution < -0.4 is 0 Å². The molecule has 0 saturated heterocycles. The maximum Gasteiger partial charge on any atom is 0.0682 e. The molecular weight excluding hydrogens is 424 g/mol. The molecule has 0 amide bonds. The van der Waals surface area contributed by atoms with Crippen LogP contribution in [-0.4, -0.2) is 10.8 Å². The molecular formula is C33H24N2. The van der Waals surface area contributed by atoms with Gasteiger partial charge in [-0.05, 0) is 68.9 Å². The summed E-state index contributed by atoms with van der Waals surface area (Å²) >= 11 is 0. The zero-order valence-electron chi connectivity index (χ0n) is 19.8. The maximum atomic E-state index is 4.63. The number of aliphatic imine (C=N–C) groups is 1. The molecule has 0 atom stereocenters. The smallest absolute Gasteiger partial charge is 0.0682 e. The SMILES string of the molecule is CC1(C)c2ccccc2-c2c1ccc1cc3c4ccccc4n(-c4ccc5c(c4)N=CC5)c3cc21. The Labute approximate surface area is 204 Å². The van der Waals surface area contributed by atoms with Crippen molar-refractivity contribution in [2.45, 2.75) is 25.7 Å². The fraction of sp³-hybridized carbons (Fsp3) is 0.121. The molecule has 0 bridgehead atoms. The predicted molar refractivity (Wildman–Crippen MR) is 148 cm³/mol. The van der Waals surface area contributed by atoms with Crippen LogP contribution in [-0.2, 0) is 11.8 Å². The number of nitrogens with zero attached hydrogens (tertiary/aromatic N) is 2. The molecule has 2 heterocycles. The molecule has 0 fully saturated rings. The Morgan fingerprint density at radius 2 is 1.57 bits per heavy atom. The van der Waals surface area contributed by atoms with Crippen molar-refractivity contribution in [2.75, 3.05) is 0 Å². The number of rotatable bonds is 1. The van der Waals surface area contributed by atoms with E-state index < -0.39 is 0 Å². The highest BCUT2D eigenvalue weighted by atomic mass is 15.0. The zero-order chi connectivity index (χ0) is 23.3. The zero-order valence-corrected chi connectivity index (χ0v) is 19.8. The van der Waals surface area contributed by atoms with Crippen LogP contribution in [0.2, 0.25) is 0 Å². The second kappa shape index (κ2) is 6.49. The number of para-hydroxylation sites is 1. The van der Waals surface area contributed by atoms with E-state index in [4.69, 9.17) is 0 Å². The van der Waals surface area contributed by atoms with E-state index in [9.17, 15) is 0 Å². The maximum absolute atomic E-state index is 4.63. The van der Waals surface area contributed by atoms with Gasteiger partial charge in [-0.1, -0.05) is 74.5 Å². The van der Waals surface area contributed by atoms with Gasteiger partial charge < -0.3 is 4.57 Å². The van der Waals surface area contributed by atoms with Crippen molar-refractivity contribution < 1.29 is 0 Å². The van der Waals surface area contributed by atoms with Crippen LogP contribution in [0.3, 0.4) is 0 Å². The fourth-order valence-corrected chi connectivity index (χ4v) is 6.49. The van der Waals surface area contributed by atoms with Crippen LogP contribution in [0.4, 0.5) is 5.69 Å². The van der Waals surface area contributed by atoms with E-state index >= 15 is 0 Å². The molecule has 8 rings (SSSR count). The first kappa shape index (κ1) is 19.2. The van der Waals surface area contributed by atoms with Crippen LogP contribution >= 0.6 is 0 Å². The molecule has 0 unspecified atom stereocenters. The topological polar surface area (TPSA) is 17.3 Å². The summed E-state index contributed by atoms with van der Waals surface area (Å²) in [5, 5.41) is 5.21. The van der Waals surface area contributed by atoms with Gasteiger partial charge in [-0.2, -0.15) is 0 Å². The molecule has 2 aliphatic rings. The summed E-state index contributed by atoms with van der Waals surface area (Å²) in [6.45, 7) is 4.70. The molecule has 1 aliphatic carbocycles. The quantitative estimate of drug-likeness (QED) is 0.240. The number of fused-ring (bicyclic) bond motifs is 9. The van der Waals surface area contributed by atoms with Crippen LogP contribution in [0, 0.1) is 0 Å². The summed E-state index contributed by atoms with van der Waals surface area (Å²) in [4.78, 5) is 4.63. The molecule has 0 saturated carbocycles. The first-order chi connectivity index (χ1) is 17.1. The minimum absolute atomic E-state index is 0.000229. The molecule has 1 aliphatic heterocycles. The molecule has 35 heavy (non-hydrogen) atoms. The molecule has 0 spiro atoms. The predicted octanol–water partition coefficient (Wildman–Crippen LogP) is 8.50. The summed E-state index contributed by atoms with van der Waals surface area (Å²) in [7, 11) is 0. The van der Waals surface area contributed by atoms with E-state index in [-0.39, 0.29) is 5.41 Å². The third-order valence-electron chi connectivity index (χ3n) is 8.22. The molecule has 0 radical (unpaired) electrons. The average molecular weight is 449 g/mol. The summed E-state index contributed by atoms with van der Waals surface area (Å²) in [6.07, 6.45) is 2.94. The molecule has 5 aromatic carbocycles. The van der Waals surface area contributed by atoms with Crippen molar-refractivity contribution >= 4 is 44.5 Å². The molecule has 2 nitrogen and oxygen atoms in total. The van der Waals surface area contributed by atoms with Crippen molar-refractivity contribution in [3.05, 3.63) is 108 Å². The Kier molecular flexibility index (Phi) is 3.55. The Bertz CT molecular complexity index is 1900. The molecule has 1 aromatic heterocycles. The summed E-state index contributed by atoms with van der Waals surface area (Å²) in [5.74, 6) is 0. The van der Waals surface area contributed by atoms with E-state index in [2.05, 4.69) is 114 Å². The third-order valence-corrected chi connectivity index (χ3v) is 8.22. The first-order valence-corrected chi connectivity index (χ1v) is 12.4. The van der Waals surface area contributed by atoms with Gasteiger partial charge in [0.05, 0.1) is 16.7 Å². The van der Waals surface area contributed by atoms with Gasteiger partial charge in [-0.15, -0.1) is 0 Å². The van der Waals surface area contributed by atoms with Gasteiger partial charge >= 0.3 is 0 Å². The minimum Gasteiger partial charge on any atom is -0.309 e. The number of aromatic nitrogens is 1. The van der Waals surface area contributed by atoms with Gasteiger partial charge in [0.15, 0.2) is 0 Å². The lowest BCUT2D eigenvalue weighted by Crippen LogP contribution is -2.14. The monoisotopic (exact) mass is 448 g/mol.